The van der Waals surface area contributed by atoms with E-state index in [1.807, 2.05) is 0 Å². The van der Waals surface area contributed by atoms with Crippen molar-refractivity contribution in [2.75, 3.05) is 28.7 Å². The van der Waals surface area contributed by atoms with Crippen molar-refractivity contribution in [2.45, 2.75) is 0 Å². The Bertz CT molecular complexity index is 578. The number of phenols is 1. The molecule has 2 rings (SSSR count). The van der Waals surface area contributed by atoms with E-state index in [9.17, 15) is 5.11 Å². The van der Waals surface area contributed by atoms with E-state index in [-0.39, 0.29) is 5.75 Å². The minimum Gasteiger partial charge on any atom is -0.508 e. The normalized spacial score (nSPS) is 10.4. The molecule has 0 spiro atoms. The Kier molecular flexibility index (Phi) is 2.55. The zero-order valence-corrected chi connectivity index (χ0v) is 9.64. The van der Waals surface area contributed by atoms with Crippen molar-refractivity contribution in [3.05, 3.63) is 24.3 Å². The van der Waals surface area contributed by atoms with Crippen molar-refractivity contribution in [3.63, 3.8) is 0 Å². The third-order valence-electron chi connectivity index (χ3n) is 2.72. The number of phenolic OH excluding ortho intramolecular Hbond substituents is 1. The molecule has 0 amide bonds. The first-order chi connectivity index (χ1) is 8.40. The highest BCUT2D eigenvalue weighted by Gasteiger charge is 2.12. The lowest BCUT2D eigenvalue weighted by Gasteiger charge is -2.13. The molecule has 0 heterocycles. The third-order valence-corrected chi connectivity index (χ3v) is 2.72. The maximum absolute atomic E-state index is 9.39. The predicted molar refractivity (Wildman–Crippen MR) is 75.6 cm³/mol. The number of hydrogen-bond acceptors (Lipinski definition) is 6. The molecule has 94 valence electrons. The first-order valence-electron chi connectivity index (χ1n) is 5.23. The van der Waals surface area contributed by atoms with Gasteiger partial charge in [-0.05, 0) is 17.7 Å². The van der Waals surface area contributed by atoms with Crippen LogP contribution >= 0.6 is 0 Å². The molecule has 0 saturated carbocycles. The van der Waals surface area contributed by atoms with E-state index in [0.29, 0.717) is 39.6 Å². The molecule has 0 aromatic heterocycles. The van der Waals surface area contributed by atoms with Gasteiger partial charge in [0, 0.05) is 29.1 Å². The summed E-state index contributed by atoms with van der Waals surface area (Å²) in [5, 5.41) is 9.39. The molecule has 0 aliphatic heterocycles. The summed E-state index contributed by atoms with van der Waals surface area (Å²) in [4.78, 5) is 0. The van der Waals surface area contributed by atoms with Crippen LogP contribution in [0.15, 0.2) is 24.3 Å². The summed E-state index contributed by atoms with van der Waals surface area (Å²) in [6.07, 6.45) is 0. The van der Waals surface area contributed by atoms with E-state index in [1.54, 1.807) is 12.1 Å². The highest BCUT2D eigenvalue weighted by atomic mass is 16.3. The maximum atomic E-state index is 9.39. The second-order valence-electron chi connectivity index (χ2n) is 4.07. The van der Waals surface area contributed by atoms with E-state index in [2.05, 4.69) is 0 Å². The summed E-state index contributed by atoms with van der Waals surface area (Å²) in [5.41, 5.74) is 31.8. The van der Waals surface area contributed by atoms with Crippen LogP contribution in [-0.4, -0.2) is 5.11 Å². The zero-order chi connectivity index (χ0) is 13.4. The number of hydrogen-bond donors (Lipinski definition) is 6. The second-order valence-corrected chi connectivity index (χ2v) is 4.07. The predicted octanol–water partition coefficient (Wildman–Crippen LogP) is 0.970. The molecule has 18 heavy (non-hydrogen) atoms. The van der Waals surface area contributed by atoms with Crippen molar-refractivity contribution in [1.29, 1.82) is 0 Å². The van der Waals surface area contributed by atoms with Gasteiger partial charge in [0.15, 0.2) is 0 Å². The van der Waals surface area contributed by atoms with Crippen LogP contribution < -0.4 is 28.7 Å². The maximum Gasteiger partial charge on any atom is 0.119 e. The lowest BCUT2D eigenvalue weighted by molar-refractivity contribution is 0.476. The number of benzene rings is 2. The Labute approximate surface area is 104 Å². The van der Waals surface area contributed by atoms with Crippen molar-refractivity contribution in [1.82, 2.24) is 0 Å². The summed E-state index contributed by atoms with van der Waals surface area (Å²) in [6, 6.07) is 6.11. The molecule has 0 radical (unpaired) electrons. The molecule has 0 bridgehead atoms. The summed E-state index contributed by atoms with van der Waals surface area (Å²) in [7, 11) is 0. The fraction of sp³-hybridized carbons (Fsp3) is 0. The molecule has 0 aliphatic rings. The molecule has 2 aromatic rings. The molecule has 0 fully saturated rings. The number of anilines is 5. The topological polar surface area (TPSA) is 150 Å². The van der Waals surface area contributed by atoms with Gasteiger partial charge < -0.3 is 33.8 Å². The molecular formula is C12H15N5O. The van der Waals surface area contributed by atoms with Gasteiger partial charge in [-0.3, -0.25) is 0 Å². The summed E-state index contributed by atoms with van der Waals surface area (Å²) in [6.45, 7) is 0. The van der Waals surface area contributed by atoms with Crippen LogP contribution in [0.3, 0.4) is 0 Å². The minimum absolute atomic E-state index is 0.00476. The number of aromatic hydroxyl groups is 1. The molecular weight excluding hydrogens is 230 g/mol. The highest BCUT2D eigenvalue weighted by molar-refractivity contribution is 5.93. The van der Waals surface area contributed by atoms with Crippen LogP contribution in [0.4, 0.5) is 28.4 Å². The quantitative estimate of drug-likeness (QED) is 0.412. The van der Waals surface area contributed by atoms with Crippen molar-refractivity contribution < 1.29 is 5.11 Å². The van der Waals surface area contributed by atoms with Gasteiger partial charge in [-0.1, -0.05) is 0 Å². The average Bonchev–Trinajstić information content (AvgIpc) is 2.24. The Morgan fingerprint density at radius 2 is 1.11 bits per heavy atom. The van der Waals surface area contributed by atoms with E-state index in [4.69, 9.17) is 28.7 Å². The Balaban J connectivity index is 2.70. The number of nitrogen functional groups attached to an aromatic ring is 5. The molecule has 6 heteroatoms. The van der Waals surface area contributed by atoms with Gasteiger partial charge in [0.1, 0.15) is 5.75 Å². The fourth-order valence-corrected chi connectivity index (χ4v) is 1.85. The van der Waals surface area contributed by atoms with Gasteiger partial charge in [-0.15, -0.1) is 0 Å². The van der Waals surface area contributed by atoms with Crippen LogP contribution in [0.2, 0.25) is 0 Å². The average molecular weight is 245 g/mol. The molecule has 0 aliphatic carbocycles. The van der Waals surface area contributed by atoms with E-state index < -0.39 is 0 Å². The third kappa shape index (κ3) is 1.80. The van der Waals surface area contributed by atoms with Crippen molar-refractivity contribution in [2.24, 2.45) is 0 Å². The summed E-state index contributed by atoms with van der Waals surface area (Å²) < 4.78 is 0. The van der Waals surface area contributed by atoms with Gasteiger partial charge in [0.2, 0.25) is 0 Å². The van der Waals surface area contributed by atoms with Crippen molar-refractivity contribution in [3.8, 4) is 16.9 Å². The van der Waals surface area contributed by atoms with Crippen LogP contribution in [0, 0.1) is 0 Å². The first kappa shape index (κ1) is 11.7. The van der Waals surface area contributed by atoms with Crippen LogP contribution in [-0.2, 0) is 0 Å². The zero-order valence-electron chi connectivity index (χ0n) is 9.64. The molecule has 0 saturated heterocycles. The monoisotopic (exact) mass is 245 g/mol. The Morgan fingerprint density at radius 1 is 0.667 bits per heavy atom. The molecule has 0 atom stereocenters. The Morgan fingerprint density at radius 3 is 1.56 bits per heavy atom. The van der Waals surface area contributed by atoms with Gasteiger partial charge in [-0.2, -0.15) is 0 Å². The first-order valence-corrected chi connectivity index (χ1v) is 5.23. The lowest BCUT2D eigenvalue weighted by Crippen LogP contribution is -2.02. The SMILES string of the molecule is Nc1cc(-c2c(N)cc(O)cc2N)cc(N)c1N. The van der Waals surface area contributed by atoms with Gasteiger partial charge in [0.25, 0.3) is 0 Å². The fourth-order valence-electron chi connectivity index (χ4n) is 1.85. The molecule has 2 aromatic carbocycles. The summed E-state index contributed by atoms with van der Waals surface area (Å²) >= 11 is 0. The van der Waals surface area contributed by atoms with Crippen LogP contribution in [0.25, 0.3) is 11.1 Å². The van der Waals surface area contributed by atoms with Crippen LogP contribution in [0.1, 0.15) is 0 Å². The Hall–Kier alpha value is -2.76. The summed E-state index contributed by atoms with van der Waals surface area (Å²) in [5.74, 6) is 0.00476. The van der Waals surface area contributed by atoms with Crippen LogP contribution in [0.5, 0.6) is 5.75 Å². The standard InChI is InChI=1S/C12H15N5O/c13-7-3-6(18)4-8(14)11(7)5-1-9(15)12(17)10(16)2-5/h1-4,18H,13-17H2. The molecule has 0 unspecified atom stereocenters. The van der Waals surface area contributed by atoms with E-state index >= 15 is 0 Å². The second kappa shape index (κ2) is 3.92. The minimum atomic E-state index is 0.00476. The van der Waals surface area contributed by atoms with Crippen molar-refractivity contribution >= 4 is 28.4 Å². The number of rotatable bonds is 1. The number of nitrogens with two attached hydrogens (primary N) is 5. The lowest BCUT2D eigenvalue weighted by atomic mass is 9.99. The van der Waals surface area contributed by atoms with Gasteiger partial charge in [0.05, 0.1) is 17.1 Å². The smallest absolute Gasteiger partial charge is 0.119 e. The largest absolute Gasteiger partial charge is 0.508 e. The van der Waals surface area contributed by atoms with Gasteiger partial charge >= 0.3 is 0 Å². The van der Waals surface area contributed by atoms with E-state index in [1.165, 1.54) is 12.1 Å². The van der Waals surface area contributed by atoms with Gasteiger partial charge in [-0.25, -0.2) is 0 Å². The van der Waals surface area contributed by atoms with E-state index in [0.717, 1.165) is 0 Å². The molecule has 6 nitrogen and oxygen atoms in total. The highest BCUT2D eigenvalue weighted by Crippen LogP contribution is 2.38. The molecule has 11 N–H and O–H groups in total.